The Morgan fingerprint density at radius 1 is 0.905 bits per heavy atom. The number of carbonyl (C=O) groups excluding carboxylic acids is 2. The van der Waals surface area contributed by atoms with Crippen molar-refractivity contribution in [2.75, 3.05) is 0 Å². The molecule has 0 N–H and O–H groups in total. The van der Waals surface area contributed by atoms with E-state index in [9.17, 15) is 9.59 Å². The van der Waals surface area contributed by atoms with E-state index >= 15 is 0 Å². The van der Waals surface area contributed by atoms with Gasteiger partial charge < -0.3 is 9.47 Å². The fraction of sp³-hybridized carbons (Fsp3) is 0.438. The zero-order valence-electron chi connectivity index (χ0n) is 13.0. The van der Waals surface area contributed by atoms with Gasteiger partial charge in [-0.1, -0.05) is 17.7 Å². The normalized spacial score (nSPS) is 10.4. The van der Waals surface area contributed by atoms with Gasteiger partial charge in [0.25, 0.3) is 0 Å². The maximum Gasteiger partial charge on any atom is 0.364 e. The molecule has 0 spiro atoms. The molecule has 1 aromatic carbocycles. The van der Waals surface area contributed by atoms with Gasteiger partial charge in [0, 0.05) is 0 Å². The number of hydrogen-bond donors (Lipinski definition) is 0. The summed E-state index contributed by atoms with van der Waals surface area (Å²) >= 11 is 0. The Morgan fingerprint density at radius 3 is 1.71 bits per heavy atom. The first-order valence-electron chi connectivity index (χ1n) is 6.87. The van der Waals surface area contributed by atoms with Crippen molar-refractivity contribution < 1.29 is 19.1 Å². The Labute approximate surface area is 125 Å². The number of rotatable bonds is 5. The Morgan fingerprint density at radius 2 is 1.33 bits per heavy atom. The lowest BCUT2D eigenvalue weighted by atomic mass is 10.2. The average molecular weight is 291 g/mol. The van der Waals surface area contributed by atoms with Gasteiger partial charge in [0.05, 0.1) is 17.9 Å². The van der Waals surface area contributed by atoms with Gasteiger partial charge in [-0.25, -0.2) is 14.6 Å². The molecule has 0 heterocycles. The predicted molar refractivity (Wildman–Crippen MR) is 80.7 cm³/mol. The molecule has 0 amide bonds. The van der Waals surface area contributed by atoms with Gasteiger partial charge in [-0.05, 0) is 46.8 Å². The van der Waals surface area contributed by atoms with E-state index in [-0.39, 0.29) is 17.9 Å². The van der Waals surface area contributed by atoms with Crippen LogP contribution >= 0.6 is 0 Å². The van der Waals surface area contributed by atoms with Crippen LogP contribution in [0.15, 0.2) is 29.3 Å². The van der Waals surface area contributed by atoms with E-state index in [1.165, 1.54) is 0 Å². The molecule has 0 aromatic heterocycles. The molecule has 0 aliphatic carbocycles. The van der Waals surface area contributed by atoms with Gasteiger partial charge in [-0.2, -0.15) is 0 Å². The highest BCUT2D eigenvalue weighted by molar-refractivity contribution is 6.63. The summed E-state index contributed by atoms with van der Waals surface area (Å²) in [4.78, 5) is 28.1. The molecule has 0 saturated heterocycles. The van der Waals surface area contributed by atoms with Crippen molar-refractivity contribution in [3.8, 4) is 0 Å². The summed E-state index contributed by atoms with van der Waals surface area (Å²) in [7, 11) is 0. The van der Waals surface area contributed by atoms with E-state index in [0.717, 1.165) is 5.56 Å². The fourth-order valence-corrected chi connectivity index (χ4v) is 1.46. The van der Waals surface area contributed by atoms with Crippen LogP contribution in [0.25, 0.3) is 0 Å². The van der Waals surface area contributed by atoms with E-state index in [1.54, 1.807) is 39.8 Å². The molecule has 0 saturated carbocycles. The van der Waals surface area contributed by atoms with E-state index in [0.29, 0.717) is 5.69 Å². The Balaban J connectivity index is 3.08. The lowest BCUT2D eigenvalue weighted by Crippen LogP contribution is -2.31. The van der Waals surface area contributed by atoms with Crippen LogP contribution in [0.1, 0.15) is 33.3 Å². The van der Waals surface area contributed by atoms with E-state index in [1.807, 2.05) is 19.1 Å². The van der Waals surface area contributed by atoms with Gasteiger partial charge in [0.15, 0.2) is 0 Å². The van der Waals surface area contributed by atoms with Crippen LogP contribution in [-0.2, 0) is 19.1 Å². The number of benzene rings is 1. The molecule has 0 atom stereocenters. The monoisotopic (exact) mass is 291 g/mol. The molecule has 5 nitrogen and oxygen atoms in total. The van der Waals surface area contributed by atoms with Crippen molar-refractivity contribution in [2.24, 2.45) is 4.99 Å². The van der Waals surface area contributed by atoms with Crippen molar-refractivity contribution >= 4 is 23.3 Å². The topological polar surface area (TPSA) is 65.0 Å². The number of nitrogens with zero attached hydrogens (tertiary/aromatic N) is 1. The Bertz CT molecular complexity index is 506. The second-order valence-corrected chi connectivity index (χ2v) is 5.20. The van der Waals surface area contributed by atoms with Crippen LogP contribution in [0.2, 0.25) is 0 Å². The van der Waals surface area contributed by atoms with Crippen LogP contribution < -0.4 is 0 Å². The molecular weight excluding hydrogens is 270 g/mol. The van der Waals surface area contributed by atoms with Crippen LogP contribution in [0.5, 0.6) is 0 Å². The highest BCUT2D eigenvalue weighted by Gasteiger charge is 2.25. The summed E-state index contributed by atoms with van der Waals surface area (Å²) in [6.45, 7) is 8.75. The Kier molecular flexibility index (Phi) is 6.09. The van der Waals surface area contributed by atoms with Gasteiger partial charge in [0.2, 0.25) is 5.71 Å². The van der Waals surface area contributed by atoms with Gasteiger partial charge in [-0.15, -0.1) is 0 Å². The largest absolute Gasteiger partial charge is 0.458 e. The Hall–Kier alpha value is -2.17. The number of carbonyl (C=O) groups is 2. The standard InChI is InChI=1S/C16H21NO4/c1-10(2)20-15(18)14(16(19)21-11(3)4)17-13-8-6-12(5)7-9-13/h6-11H,1-5H3. The molecule has 1 aromatic rings. The lowest BCUT2D eigenvalue weighted by Gasteiger charge is -2.11. The third-order valence-corrected chi connectivity index (χ3v) is 2.35. The quantitative estimate of drug-likeness (QED) is 0.475. The highest BCUT2D eigenvalue weighted by atomic mass is 16.6. The van der Waals surface area contributed by atoms with E-state index in [2.05, 4.69) is 4.99 Å². The van der Waals surface area contributed by atoms with Crippen LogP contribution in [0.4, 0.5) is 5.69 Å². The first-order valence-corrected chi connectivity index (χ1v) is 6.87. The molecule has 0 radical (unpaired) electrons. The van der Waals surface area contributed by atoms with E-state index in [4.69, 9.17) is 9.47 Å². The smallest absolute Gasteiger partial charge is 0.364 e. The highest BCUT2D eigenvalue weighted by Crippen LogP contribution is 2.14. The number of aliphatic imine (C=N–C) groups is 1. The summed E-state index contributed by atoms with van der Waals surface area (Å²) in [6.07, 6.45) is -0.680. The molecular formula is C16H21NO4. The minimum absolute atomic E-state index is 0.340. The number of aryl methyl sites for hydroxylation is 1. The summed E-state index contributed by atoms with van der Waals surface area (Å²) in [5.74, 6) is -1.56. The van der Waals surface area contributed by atoms with Gasteiger partial charge >= 0.3 is 11.9 Å². The first-order chi connectivity index (χ1) is 9.79. The maximum absolute atomic E-state index is 12.0. The zero-order chi connectivity index (χ0) is 16.0. The molecule has 5 heteroatoms. The number of hydrogen-bond acceptors (Lipinski definition) is 5. The third kappa shape index (κ3) is 5.77. The second-order valence-electron chi connectivity index (χ2n) is 5.20. The van der Waals surface area contributed by atoms with Gasteiger partial charge in [-0.3, -0.25) is 0 Å². The molecule has 0 bridgehead atoms. The van der Waals surface area contributed by atoms with Gasteiger partial charge in [0.1, 0.15) is 0 Å². The van der Waals surface area contributed by atoms with Crippen molar-refractivity contribution in [3.63, 3.8) is 0 Å². The van der Waals surface area contributed by atoms with E-state index < -0.39 is 11.9 Å². The molecule has 0 unspecified atom stereocenters. The molecule has 0 aliphatic heterocycles. The van der Waals surface area contributed by atoms with Crippen LogP contribution in [-0.4, -0.2) is 29.9 Å². The number of ether oxygens (including phenoxy) is 2. The van der Waals surface area contributed by atoms with Crippen molar-refractivity contribution in [1.29, 1.82) is 0 Å². The fourth-order valence-electron chi connectivity index (χ4n) is 1.46. The zero-order valence-corrected chi connectivity index (χ0v) is 13.0. The summed E-state index contributed by atoms with van der Waals surface area (Å²) in [5, 5.41) is 0. The molecule has 21 heavy (non-hydrogen) atoms. The number of esters is 2. The lowest BCUT2D eigenvalue weighted by molar-refractivity contribution is -0.144. The minimum atomic E-state index is -0.781. The molecule has 0 fully saturated rings. The summed E-state index contributed by atoms with van der Waals surface area (Å²) < 4.78 is 10.1. The second kappa shape index (κ2) is 7.57. The third-order valence-electron chi connectivity index (χ3n) is 2.35. The molecule has 1 rings (SSSR count). The predicted octanol–water partition coefficient (Wildman–Crippen LogP) is 2.97. The molecule has 114 valence electrons. The maximum atomic E-state index is 12.0. The minimum Gasteiger partial charge on any atom is -0.458 e. The first kappa shape index (κ1) is 16.9. The SMILES string of the molecule is Cc1ccc(N=C(C(=O)OC(C)C)C(=O)OC(C)C)cc1. The van der Waals surface area contributed by atoms with Crippen LogP contribution in [0, 0.1) is 6.92 Å². The van der Waals surface area contributed by atoms with Crippen LogP contribution in [0.3, 0.4) is 0 Å². The average Bonchev–Trinajstić information content (AvgIpc) is 2.36. The van der Waals surface area contributed by atoms with Crippen molar-refractivity contribution in [3.05, 3.63) is 29.8 Å². The van der Waals surface area contributed by atoms with Crippen molar-refractivity contribution in [1.82, 2.24) is 0 Å². The molecule has 0 aliphatic rings. The van der Waals surface area contributed by atoms with Crippen molar-refractivity contribution in [2.45, 2.75) is 46.8 Å². The summed E-state index contributed by atoms with van der Waals surface area (Å²) in [6, 6.07) is 7.14. The summed E-state index contributed by atoms with van der Waals surface area (Å²) in [5.41, 5.74) is 1.21.